The first-order valence-electron chi connectivity index (χ1n) is 5.61. The molecule has 2 heterocycles. The van der Waals surface area contributed by atoms with Crippen LogP contribution in [0.5, 0.6) is 0 Å². The minimum absolute atomic E-state index is 0.584. The summed E-state index contributed by atoms with van der Waals surface area (Å²) in [6, 6.07) is 3.88. The molecule has 2 N–H and O–H groups in total. The van der Waals surface area contributed by atoms with Crippen LogP contribution in [0, 0.1) is 0 Å². The third-order valence-corrected chi connectivity index (χ3v) is 3.29. The van der Waals surface area contributed by atoms with Crippen molar-refractivity contribution in [3.63, 3.8) is 0 Å². The normalized spacial score (nSPS) is 16.1. The number of likely N-dealkylation sites (N-methyl/N-ethyl adjacent to an activating group) is 1. The van der Waals surface area contributed by atoms with E-state index in [1.54, 1.807) is 0 Å². The first-order chi connectivity index (χ1) is 8.15. The fourth-order valence-electron chi connectivity index (χ4n) is 2.36. The van der Waals surface area contributed by atoms with Crippen molar-refractivity contribution in [1.82, 2.24) is 14.9 Å². The molecule has 0 saturated heterocycles. The quantitative estimate of drug-likeness (QED) is 0.637. The molecule has 0 unspecified atom stereocenters. The van der Waals surface area contributed by atoms with E-state index >= 15 is 0 Å². The van der Waals surface area contributed by atoms with E-state index in [0.29, 0.717) is 5.52 Å². The van der Waals surface area contributed by atoms with Crippen molar-refractivity contribution in [3.8, 4) is 0 Å². The zero-order chi connectivity index (χ0) is 12.0. The maximum Gasteiger partial charge on any atom is 0.314 e. The monoisotopic (exact) mass is 231 g/mol. The molecule has 3 rings (SSSR count). The van der Waals surface area contributed by atoms with E-state index in [1.165, 1.54) is 5.56 Å². The molecule has 5 nitrogen and oxygen atoms in total. The van der Waals surface area contributed by atoms with Gasteiger partial charge in [0.15, 0.2) is 0 Å². The maximum atomic E-state index is 11.4. The number of nitrogens with one attached hydrogen (secondary N) is 2. The fourth-order valence-corrected chi connectivity index (χ4v) is 2.36. The lowest BCUT2D eigenvalue weighted by molar-refractivity contribution is 0.314. The van der Waals surface area contributed by atoms with Crippen molar-refractivity contribution < 1.29 is 0 Å². The number of hydrogen-bond donors (Lipinski definition) is 2. The summed E-state index contributed by atoms with van der Waals surface area (Å²) in [6.07, 6.45) is 0.975. The number of rotatable bonds is 0. The Morgan fingerprint density at radius 2 is 1.94 bits per heavy atom. The van der Waals surface area contributed by atoms with Gasteiger partial charge in [0.1, 0.15) is 0 Å². The number of H-pyrrole nitrogens is 2. The molecule has 0 bridgehead atoms. The van der Waals surface area contributed by atoms with Crippen LogP contribution in [0.4, 0.5) is 0 Å². The molecule has 88 valence electrons. The Balaban J connectivity index is 2.37. The average Bonchev–Trinajstić information content (AvgIpc) is 2.31. The molecule has 17 heavy (non-hydrogen) atoms. The molecule has 1 aliphatic heterocycles. The van der Waals surface area contributed by atoms with Crippen molar-refractivity contribution in [1.29, 1.82) is 0 Å². The Bertz CT molecular complexity index is 699. The topological polar surface area (TPSA) is 69.0 Å². The summed E-state index contributed by atoms with van der Waals surface area (Å²) >= 11 is 0. The van der Waals surface area contributed by atoms with Crippen LogP contribution in [0.1, 0.15) is 11.1 Å². The number of aromatic nitrogens is 2. The average molecular weight is 231 g/mol. The second-order valence-electron chi connectivity index (χ2n) is 4.52. The second kappa shape index (κ2) is 3.56. The Morgan fingerprint density at radius 1 is 1.18 bits per heavy atom. The maximum absolute atomic E-state index is 11.4. The van der Waals surface area contributed by atoms with E-state index in [0.717, 1.165) is 30.6 Å². The molecule has 1 aromatic heterocycles. The van der Waals surface area contributed by atoms with Crippen molar-refractivity contribution in [2.24, 2.45) is 0 Å². The van der Waals surface area contributed by atoms with Gasteiger partial charge in [-0.1, -0.05) is 6.07 Å². The lowest BCUT2D eigenvalue weighted by atomic mass is 9.98. The van der Waals surface area contributed by atoms with Crippen LogP contribution in [-0.4, -0.2) is 28.5 Å². The van der Waals surface area contributed by atoms with Gasteiger partial charge >= 0.3 is 11.1 Å². The van der Waals surface area contributed by atoms with Crippen molar-refractivity contribution >= 4 is 11.0 Å². The first kappa shape index (κ1) is 10.3. The van der Waals surface area contributed by atoms with Gasteiger partial charge in [-0.05, 0) is 30.7 Å². The Hall–Kier alpha value is -1.88. The highest BCUT2D eigenvalue weighted by Crippen LogP contribution is 2.23. The zero-order valence-electron chi connectivity index (χ0n) is 9.54. The van der Waals surface area contributed by atoms with Gasteiger partial charge in [-0.2, -0.15) is 0 Å². The summed E-state index contributed by atoms with van der Waals surface area (Å²) in [5.74, 6) is 0. The molecule has 5 heteroatoms. The summed E-state index contributed by atoms with van der Waals surface area (Å²) in [7, 11) is 2.05. The van der Waals surface area contributed by atoms with E-state index in [4.69, 9.17) is 0 Å². The van der Waals surface area contributed by atoms with Crippen molar-refractivity contribution in [2.75, 3.05) is 13.6 Å². The van der Waals surface area contributed by atoms with Gasteiger partial charge in [-0.3, -0.25) is 9.59 Å². The molecular weight excluding hydrogens is 218 g/mol. The molecule has 2 aromatic rings. The molecule has 1 aliphatic rings. The number of hydrogen-bond acceptors (Lipinski definition) is 3. The van der Waals surface area contributed by atoms with Crippen LogP contribution in [0.15, 0.2) is 21.7 Å². The summed E-state index contributed by atoms with van der Waals surface area (Å²) in [6.45, 7) is 1.82. The van der Waals surface area contributed by atoms with E-state index in [-0.39, 0.29) is 0 Å². The van der Waals surface area contributed by atoms with E-state index < -0.39 is 11.1 Å². The SMILES string of the molecule is CN1CCc2ccc3[nH]c(=O)c(=O)[nH]c3c2C1. The summed E-state index contributed by atoms with van der Waals surface area (Å²) in [4.78, 5) is 30.1. The summed E-state index contributed by atoms with van der Waals surface area (Å²) in [5.41, 5.74) is 2.64. The highest BCUT2D eigenvalue weighted by Gasteiger charge is 2.16. The van der Waals surface area contributed by atoms with Crippen LogP contribution in [0.25, 0.3) is 11.0 Å². The number of fused-ring (bicyclic) bond motifs is 3. The molecule has 1 aromatic carbocycles. The fraction of sp³-hybridized carbons (Fsp3) is 0.333. The lowest BCUT2D eigenvalue weighted by Gasteiger charge is -2.25. The number of nitrogens with zero attached hydrogens (tertiary/aromatic N) is 1. The van der Waals surface area contributed by atoms with E-state index in [9.17, 15) is 9.59 Å². The molecule has 0 fully saturated rings. The number of aromatic amines is 2. The zero-order valence-corrected chi connectivity index (χ0v) is 9.54. The standard InChI is InChI=1S/C12H13N3O2/c1-15-5-4-7-2-3-9-10(8(7)6-15)14-12(17)11(16)13-9/h2-3H,4-6H2,1H3,(H,13,16)(H,14,17). The molecule has 0 spiro atoms. The van der Waals surface area contributed by atoms with Gasteiger partial charge in [-0.15, -0.1) is 0 Å². The van der Waals surface area contributed by atoms with Gasteiger partial charge < -0.3 is 14.9 Å². The highest BCUT2D eigenvalue weighted by molar-refractivity contribution is 5.79. The second-order valence-corrected chi connectivity index (χ2v) is 4.52. The molecule has 0 saturated carbocycles. The van der Waals surface area contributed by atoms with Crippen LogP contribution >= 0.6 is 0 Å². The lowest BCUT2D eigenvalue weighted by Crippen LogP contribution is -2.31. The third kappa shape index (κ3) is 1.59. The van der Waals surface area contributed by atoms with Crippen LogP contribution in [-0.2, 0) is 13.0 Å². The predicted octanol–water partition coefficient (Wildman–Crippen LogP) is 0.204. The molecular formula is C12H13N3O2. The minimum Gasteiger partial charge on any atom is -0.316 e. The highest BCUT2D eigenvalue weighted by atomic mass is 16.2. The third-order valence-electron chi connectivity index (χ3n) is 3.29. The van der Waals surface area contributed by atoms with Crippen LogP contribution in [0.3, 0.4) is 0 Å². The Morgan fingerprint density at radius 3 is 2.76 bits per heavy atom. The Labute approximate surface area is 97.1 Å². The molecule has 0 aliphatic carbocycles. The first-order valence-corrected chi connectivity index (χ1v) is 5.61. The van der Waals surface area contributed by atoms with Gasteiger partial charge in [0, 0.05) is 13.1 Å². The van der Waals surface area contributed by atoms with Gasteiger partial charge in [-0.25, -0.2) is 0 Å². The molecule has 0 radical (unpaired) electrons. The summed E-state index contributed by atoms with van der Waals surface area (Å²) < 4.78 is 0. The van der Waals surface area contributed by atoms with E-state index in [2.05, 4.69) is 14.9 Å². The van der Waals surface area contributed by atoms with Crippen molar-refractivity contribution in [2.45, 2.75) is 13.0 Å². The minimum atomic E-state index is -0.596. The van der Waals surface area contributed by atoms with Gasteiger partial charge in [0.25, 0.3) is 0 Å². The van der Waals surface area contributed by atoms with Crippen molar-refractivity contribution in [3.05, 3.63) is 44.0 Å². The largest absolute Gasteiger partial charge is 0.316 e. The molecule has 0 atom stereocenters. The molecule has 0 amide bonds. The smallest absolute Gasteiger partial charge is 0.314 e. The van der Waals surface area contributed by atoms with E-state index in [1.807, 2.05) is 19.2 Å². The van der Waals surface area contributed by atoms with Crippen LogP contribution in [0.2, 0.25) is 0 Å². The number of benzene rings is 1. The summed E-state index contributed by atoms with van der Waals surface area (Å²) in [5, 5.41) is 0. The van der Waals surface area contributed by atoms with Crippen LogP contribution < -0.4 is 11.1 Å². The van der Waals surface area contributed by atoms with Gasteiger partial charge in [0.2, 0.25) is 0 Å². The Kier molecular flexibility index (Phi) is 2.16. The van der Waals surface area contributed by atoms with Gasteiger partial charge in [0.05, 0.1) is 11.0 Å². The predicted molar refractivity (Wildman–Crippen MR) is 65.2 cm³/mol.